The van der Waals surface area contributed by atoms with Gasteiger partial charge in [-0.2, -0.15) is 0 Å². The third-order valence-electron chi connectivity index (χ3n) is 5.07. The molecule has 0 bridgehead atoms. The molecule has 0 radical (unpaired) electrons. The predicted molar refractivity (Wildman–Crippen MR) is 103 cm³/mol. The van der Waals surface area contributed by atoms with Crippen molar-refractivity contribution in [2.75, 3.05) is 13.7 Å². The van der Waals surface area contributed by atoms with Crippen LogP contribution in [0.25, 0.3) is 0 Å². The Morgan fingerprint density at radius 1 is 1.32 bits per heavy atom. The Bertz CT molecular complexity index is 1040. The molecular formula is C21H21N3O4. The summed E-state index contributed by atoms with van der Waals surface area (Å²) in [6, 6.07) is 9.73. The first-order valence-corrected chi connectivity index (χ1v) is 9.16. The Hall–Kier alpha value is -3.35. The number of hydrogen-bond acceptors (Lipinski definition) is 5. The number of ether oxygens (including phenoxy) is 2. The Kier molecular flexibility index (Phi) is 4.97. The average molecular weight is 379 g/mol. The van der Waals surface area contributed by atoms with Crippen LogP contribution >= 0.6 is 0 Å². The number of fused-ring (bicyclic) bond motifs is 1. The molecule has 0 amide bonds. The van der Waals surface area contributed by atoms with Crippen molar-refractivity contribution in [1.82, 2.24) is 15.2 Å². The minimum atomic E-state index is -0.441. The highest BCUT2D eigenvalue weighted by Gasteiger charge is 2.26. The van der Waals surface area contributed by atoms with Crippen molar-refractivity contribution in [3.63, 3.8) is 0 Å². The summed E-state index contributed by atoms with van der Waals surface area (Å²) in [6.45, 7) is 0.702. The number of carbonyl (C=O) groups is 1. The van der Waals surface area contributed by atoms with Crippen molar-refractivity contribution < 1.29 is 14.3 Å². The second-order valence-electron chi connectivity index (χ2n) is 6.81. The van der Waals surface area contributed by atoms with Gasteiger partial charge < -0.3 is 14.6 Å². The van der Waals surface area contributed by atoms with E-state index in [4.69, 9.17) is 9.47 Å². The van der Waals surface area contributed by atoms with Gasteiger partial charge in [0.15, 0.2) is 0 Å². The Balaban J connectivity index is 1.71. The van der Waals surface area contributed by atoms with Gasteiger partial charge in [0, 0.05) is 42.4 Å². The van der Waals surface area contributed by atoms with Crippen molar-refractivity contribution in [3.05, 3.63) is 81.0 Å². The fourth-order valence-corrected chi connectivity index (χ4v) is 3.68. The lowest BCUT2D eigenvalue weighted by Crippen LogP contribution is -2.18. The van der Waals surface area contributed by atoms with E-state index < -0.39 is 5.92 Å². The molecule has 0 fully saturated rings. The molecule has 0 saturated carbocycles. The summed E-state index contributed by atoms with van der Waals surface area (Å²) in [4.78, 5) is 28.8. The quantitative estimate of drug-likeness (QED) is 0.641. The van der Waals surface area contributed by atoms with Crippen molar-refractivity contribution >= 4 is 5.97 Å². The summed E-state index contributed by atoms with van der Waals surface area (Å²) in [7, 11) is 1.34. The first-order valence-electron chi connectivity index (χ1n) is 9.16. The second-order valence-corrected chi connectivity index (χ2v) is 6.81. The maximum atomic E-state index is 12.6. The molecule has 7 nitrogen and oxygen atoms in total. The zero-order chi connectivity index (χ0) is 19.5. The number of hydrogen-bond donors (Lipinski definition) is 2. The highest BCUT2D eigenvalue weighted by molar-refractivity contribution is 5.71. The minimum absolute atomic E-state index is 0.0636. The average Bonchev–Trinajstić information content (AvgIpc) is 3.33. The molecule has 0 aliphatic carbocycles. The van der Waals surface area contributed by atoms with Gasteiger partial charge in [-0.25, -0.2) is 0 Å². The van der Waals surface area contributed by atoms with E-state index in [0.717, 1.165) is 29.0 Å². The Morgan fingerprint density at radius 3 is 3.00 bits per heavy atom. The molecule has 0 spiro atoms. The lowest BCUT2D eigenvalue weighted by Gasteiger charge is -2.16. The van der Waals surface area contributed by atoms with Gasteiger partial charge in [-0.15, -0.1) is 0 Å². The number of aromatic amines is 2. The van der Waals surface area contributed by atoms with E-state index in [1.807, 2.05) is 18.2 Å². The van der Waals surface area contributed by atoms with Gasteiger partial charge in [0.25, 0.3) is 5.56 Å². The van der Waals surface area contributed by atoms with Crippen molar-refractivity contribution in [3.8, 4) is 5.75 Å². The molecule has 3 heterocycles. The van der Waals surface area contributed by atoms with Crippen molar-refractivity contribution in [2.24, 2.45) is 0 Å². The number of rotatable bonds is 6. The minimum Gasteiger partial charge on any atom is -0.493 e. The highest BCUT2D eigenvalue weighted by Crippen LogP contribution is 2.30. The fourth-order valence-electron chi connectivity index (χ4n) is 3.68. The summed E-state index contributed by atoms with van der Waals surface area (Å²) >= 11 is 0. The number of H-pyrrole nitrogens is 2. The molecule has 1 atom stereocenters. The molecule has 0 saturated heterocycles. The third-order valence-corrected chi connectivity index (χ3v) is 5.07. The highest BCUT2D eigenvalue weighted by atomic mass is 16.5. The normalized spacial score (nSPS) is 13.6. The van der Waals surface area contributed by atoms with E-state index in [1.54, 1.807) is 18.5 Å². The zero-order valence-corrected chi connectivity index (χ0v) is 15.5. The molecule has 28 heavy (non-hydrogen) atoms. The molecule has 0 unspecified atom stereocenters. The van der Waals surface area contributed by atoms with Crippen LogP contribution in [0.5, 0.6) is 5.75 Å². The van der Waals surface area contributed by atoms with Gasteiger partial charge in [0.1, 0.15) is 5.75 Å². The molecule has 4 rings (SSSR count). The lowest BCUT2D eigenvalue weighted by atomic mass is 9.88. The molecule has 1 aliphatic heterocycles. The van der Waals surface area contributed by atoms with Gasteiger partial charge in [0.2, 0.25) is 0 Å². The van der Waals surface area contributed by atoms with Crippen LogP contribution in [-0.4, -0.2) is 34.9 Å². The van der Waals surface area contributed by atoms with E-state index in [0.29, 0.717) is 18.6 Å². The zero-order valence-electron chi connectivity index (χ0n) is 15.5. The third kappa shape index (κ3) is 3.55. The maximum absolute atomic E-state index is 12.6. The monoisotopic (exact) mass is 379 g/mol. The summed E-state index contributed by atoms with van der Waals surface area (Å²) in [5.74, 6) is 0.101. The Morgan fingerprint density at radius 2 is 2.21 bits per heavy atom. The van der Waals surface area contributed by atoms with Crippen LogP contribution in [0.15, 0.2) is 47.5 Å². The lowest BCUT2D eigenvalue weighted by molar-refractivity contribution is -0.140. The number of nitrogens with one attached hydrogen (secondary N) is 2. The van der Waals surface area contributed by atoms with Crippen LogP contribution in [0.1, 0.15) is 40.3 Å². The second kappa shape index (κ2) is 7.72. The van der Waals surface area contributed by atoms with Crippen LogP contribution in [0, 0.1) is 0 Å². The summed E-state index contributed by atoms with van der Waals surface area (Å²) in [5.41, 5.74) is 4.09. The fraction of sp³-hybridized carbons (Fsp3) is 0.286. The molecule has 3 aromatic rings. The number of carbonyl (C=O) groups excluding carboxylic acids is 1. The SMILES string of the molecule is COC(=O)C[C@H](c1cccnc1)c1c(Cc2ccc3c(c2)CCO3)[nH][nH]c1=O. The van der Waals surface area contributed by atoms with Gasteiger partial charge in [0.05, 0.1) is 20.1 Å². The number of benzene rings is 1. The van der Waals surface area contributed by atoms with Crippen LogP contribution < -0.4 is 10.3 Å². The first-order chi connectivity index (χ1) is 13.7. The van der Waals surface area contributed by atoms with E-state index >= 15 is 0 Å². The van der Waals surface area contributed by atoms with Crippen LogP contribution in [0.2, 0.25) is 0 Å². The summed E-state index contributed by atoms with van der Waals surface area (Å²) in [5, 5.41) is 5.66. The molecular weight excluding hydrogens is 358 g/mol. The van der Waals surface area contributed by atoms with Gasteiger partial charge in [-0.1, -0.05) is 18.2 Å². The summed E-state index contributed by atoms with van der Waals surface area (Å²) in [6.07, 6.45) is 4.83. The van der Waals surface area contributed by atoms with Crippen molar-refractivity contribution in [2.45, 2.75) is 25.2 Å². The molecule has 2 aromatic heterocycles. The molecule has 7 heteroatoms. The maximum Gasteiger partial charge on any atom is 0.306 e. The predicted octanol–water partition coefficient (Wildman–Crippen LogP) is 2.32. The number of aromatic nitrogens is 3. The number of nitrogens with zero attached hydrogens (tertiary/aromatic N) is 1. The van der Waals surface area contributed by atoms with Crippen LogP contribution in [0.4, 0.5) is 0 Å². The van der Waals surface area contributed by atoms with E-state index in [2.05, 4.69) is 21.2 Å². The Labute approximate surface area is 161 Å². The largest absolute Gasteiger partial charge is 0.493 e. The van der Waals surface area contributed by atoms with Gasteiger partial charge >= 0.3 is 5.97 Å². The van der Waals surface area contributed by atoms with E-state index in [9.17, 15) is 9.59 Å². The number of pyridine rings is 1. The molecule has 1 aromatic carbocycles. The van der Waals surface area contributed by atoms with E-state index in [1.165, 1.54) is 12.7 Å². The van der Waals surface area contributed by atoms with Crippen LogP contribution in [-0.2, 0) is 22.4 Å². The van der Waals surface area contributed by atoms with Gasteiger partial charge in [-0.05, 0) is 28.8 Å². The summed E-state index contributed by atoms with van der Waals surface area (Å²) < 4.78 is 10.4. The van der Waals surface area contributed by atoms with Crippen LogP contribution in [0.3, 0.4) is 0 Å². The molecule has 1 aliphatic rings. The van der Waals surface area contributed by atoms with E-state index in [-0.39, 0.29) is 17.9 Å². The number of methoxy groups -OCH3 is 1. The van der Waals surface area contributed by atoms with Crippen molar-refractivity contribution in [1.29, 1.82) is 0 Å². The topological polar surface area (TPSA) is 97.1 Å². The first kappa shape index (κ1) is 18.0. The van der Waals surface area contributed by atoms with Gasteiger partial charge in [-0.3, -0.25) is 19.7 Å². The molecule has 144 valence electrons. The standard InChI is InChI=1S/C21H21N3O4/c1-27-19(25)11-16(15-3-2-7-22-12-15)20-17(23-24-21(20)26)10-13-4-5-18-14(9-13)6-8-28-18/h2-5,7,9,12,16H,6,8,10-11H2,1H3,(H2,23,24,26)/t16-/m1/s1. The molecule has 2 N–H and O–H groups in total. The number of esters is 1. The smallest absolute Gasteiger partial charge is 0.306 e.